The summed E-state index contributed by atoms with van der Waals surface area (Å²) in [7, 11) is -2.52. The Labute approximate surface area is 208 Å². The molecule has 0 unspecified atom stereocenters. The van der Waals surface area contributed by atoms with Gasteiger partial charge in [0.05, 0.1) is 40.9 Å². The van der Waals surface area contributed by atoms with Crippen LogP contribution in [0.4, 0.5) is 4.39 Å². The van der Waals surface area contributed by atoms with E-state index in [1.165, 1.54) is 52.6 Å². The average molecular weight is 519 g/mol. The van der Waals surface area contributed by atoms with Gasteiger partial charge in [0.1, 0.15) is 18.7 Å². The van der Waals surface area contributed by atoms with Gasteiger partial charge >= 0.3 is 5.97 Å². The quantitative estimate of drug-likeness (QED) is 0.341. The maximum absolute atomic E-state index is 14.2. The Hall–Kier alpha value is -3.51. The first-order chi connectivity index (χ1) is 17.1. The predicted octanol–water partition coefficient (Wildman–Crippen LogP) is 3.08. The van der Waals surface area contributed by atoms with Crippen molar-refractivity contribution in [2.45, 2.75) is 37.3 Å². The lowest BCUT2D eigenvalue weighted by Gasteiger charge is -2.18. The molecule has 1 aliphatic rings. The predicted molar refractivity (Wildman–Crippen MR) is 130 cm³/mol. The van der Waals surface area contributed by atoms with E-state index in [1.54, 1.807) is 12.1 Å². The van der Waals surface area contributed by atoms with Crippen molar-refractivity contribution < 1.29 is 32.3 Å². The van der Waals surface area contributed by atoms with Gasteiger partial charge in [-0.3, -0.25) is 9.48 Å². The number of rotatable bonds is 9. The lowest BCUT2D eigenvalue weighted by molar-refractivity contribution is -0.136. The van der Waals surface area contributed by atoms with Crippen molar-refractivity contribution in [1.29, 1.82) is 0 Å². The molecule has 1 N–H and O–H groups in total. The Morgan fingerprint density at radius 1 is 1.25 bits per heavy atom. The van der Waals surface area contributed by atoms with Gasteiger partial charge in [-0.05, 0) is 56.3 Å². The third kappa shape index (κ3) is 5.19. The van der Waals surface area contributed by atoms with Crippen LogP contribution in [-0.4, -0.2) is 66.1 Å². The zero-order valence-corrected chi connectivity index (χ0v) is 20.9. The van der Waals surface area contributed by atoms with Crippen LogP contribution in [0.15, 0.2) is 52.5 Å². The van der Waals surface area contributed by atoms with E-state index in [1.807, 2.05) is 13.8 Å². The first-order valence-corrected chi connectivity index (χ1v) is 12.8. The topological polar surface area (TPSA) is 123 Å². The van der Waals surface area contributed by atoms with Crippen LogP contribution in [0.3, 0.4) is 0 Å². The van der Waals surface area contributed by atoms with Gasteiger partial charge in [0, 0.05) is 24.4 Å². The van der Waals surface area contributed by atoms with Crippen molar-refractivity contribution >= 4 is 33.1 Å². The fourth-order valence-electron chi connectivity index (χ4n) is 4.33. The molecule has 0 spiro atoms. The fourth-order valence-corrected chi connectivity index (χ4v) is 5.83. The molecule has 0 saturated carbocycles. The molecule has 10 nitrogen and oxygen atoms in total. The molecular formula is C24H27FN4O6S. The molecule has 0 radical (unpaired) electrons. The second-order valence-corrected chi connectivity index (χ2v) is 10.7. The Bertz CT molecular complexity index is 1390. The number of carboxylic acids is 1. The average Bonchev–Trinajstić information content (AvgIpc) is 3.39. The maximum Gasteiger partial charge on any atom is 0.309 e. The summed E-state index contributed by atoms with van der Waals surface area (Å²) in [4.78, 5) is 16.3. The summed E-state index contributed by atoms with van der Waals surface area (Å²) in [6.45, 7) is 3.86. The molecule has 2 heterocycles. The van der Waals surface area contributed by atoms with E-state index in [4.69, 9.17) is 9.57 Å². The Morgan fingerprint density at radius 3 is 2.61 bits per heavy atom. The van der Waals surface area contributed by atoms with E-state index in [0.717, 1.165) is 0 Å². The highest BCUT2D eigenvalue weighted by atomic mass is 32.2. The van der Waals surface area contributed by atoms with Crippen LogP contribution in [-0.2, 0) is 26.1 Å². The van der Waals surface area contributed by atoms with Crippen LogP contribution < -0.4 is 4.74 Å². The smallest absolute Gasteiger partial charge is 0.309 e. The molecule has 36 heavy (non-hydrogen) atoms. The van der Waals surface area contributed by atoms with Gasteiger partial charge < -0.3 is 14.7 Å². The summed E-state index contributed by atoms with van der Waals surface area (Å²) in [6.07, 6.45) is 1.09. The number of carboxylic acid groups (broad SMARTS) is 1. The minimum atomic E-state index is -3.89. The van der Waals surface area contributed by atoms with Gasteiger partial charge in [0.15, 0.2) is 0 Å². The van der Waals surface area contributed by atoms with Crippen molar-refractivity contribution in [2.24, 2.45) is 11.1 Å². The maximum atomic E-state index is 14.2. The number of sulfonamides is 1. The highest BCUT2D eigenvalue weighted by molar-refractivity contribution is 7.89. The van der Waals surface area contributed by atoms with Gasteiger partial charge in [-0.1, -0.05) is 5.16 Å². The van der Waals surface area contributed by atoms with Crippen LogP contribution in [0.1, 0.15) is 25.6 Å². The fraction of sp³-hybridized carbons (Fsp3) is 0.375. The molecule has 0 amide bonds. The molecule has 1 fully saturated rings. The van der Waals surface area contributed by atoms with Crippen molar-refractivity contribution in [1.82, 2.24) is 14.1 Å². The van der Waals surface area contributed by atoms with E-state index in [9.17, 15) is 22.7 Å². The van der Waals surface area contributed by atoms with E-state index in [-0.39, 0.29) is 36.2 Å². The van der Waals surface area contributed by atoms with Gasteiger partial charge in [-0.15, -0.1) is 0 Å². The summed E-state index contributed by atoms with van der Waals surface area (Å²) in [5.41, 5.74) is 0.642. The molecule has 12 heteroatoms. The van der Waals surface area contributed by atoms with E-state index in [0.29, 0.717) is 16.7 Å². The second-order valence-electron chi connectivity index (χ2n) is 8.75. The summed E-state index contributed by atoms with van der Waals surface area (Å²) < 4.78 is 49.5. The number of aromatic nitrogens is 2. The number of aliphatic carboxylic acids is 1. The van der Waals surface area contributed by atoms with Crippen LogP contribution in [0.2, 0.25) is 0 Å². The van der Waals surface area contributed by atoms with Crippen molar-refractivity contribution in [2.75, 3.05) is 20.2 Å². The third-order valence-electron chi connectivity index (χ3n) is 5.87. The highest BCUT2D eigenvalue weighted by Gasteiger charge is 2.41. The van der Waals surface area contributed by atoms with Gasteiger partial charge in [0.25, 0.3) is 0 Å². The number of nitrogens with zero attached hydrogens (tertiary/aromatic N) is 4. The zero-order valence-electron chi connectivity index (χ0n) is 20.0. The van der Waals surface area contributed by atoms with Crippen LogP contribution in [0.25, 0.3) is 10.9 Å². The lowest BCUT2D eigenvalue weighted by atomic mass is 10.1. The summed E-state index contributed by atoms with van der Waals surface area (Å²) in [5.74, 6) is -1.50. The molecule has 0 bridgehead atoms. The largest absolute Gasteiger partial charge is 0.491 e. The second kappa shape index (κ2) is 10.2. The molecule has 1 aromatic heterocycles. The summed E-state index contributed by atoms with van der Waals surface area (Å²) in [5, 5.41) is 18.1. The molecule has 192 valence electrons. The Morgan fingerprint density at radius 2 is 1.97 bits per heavy atom. The molecule has 2 atom stereocenters. The molecule has 0 aliphatic carbocycles. The zero-order chi connectivity index (χ0) is 26.0. The van der Waals surface area contributed by atoms with E-state index < -0.39 is 33.8 Å². The first kappa shape index (κ1) is 25.6. The van der Waals surface area contributed by atoms with Crippen molar-refractivity contribution in [3.63, 3.8) is 0 Å². The normalized spacial score (nSPS) is 18.9. The van der Waals surface area contributed by atoms with E-state index >= 15 is 0 Å². The number of halogens is 1. The van der Waals surface area contributed by atoms with Crippen LogP contribution >= 0.6 is 0 Å². The summed E-state index contributed by atoms with van der Waals surface area (Å²) >= 11 is 0. The Kier molecular flexibility index (Phi) is 7.27. The number of hydrogen-bond acceptors (Lipinski definition) is 7. The van der Waals surface area contributed by atoms with E-state index in [2.05, 4.69) is 10.3 Å². The van der Waals surface area contributed by atoms with Crippen molar-refractivity contribution in [3.8, 4) is 5.75 Å². The molecule has 3 aromatic rings. The monoisotopic (exact) mass is 518 g/mol. The van der Waals surface area contributed by atoms with Crippen LogP contribution in [0.5, 0.6) is 5.75 Å². The molecule has 1 saturated heterocycles. The Balaban J connectivity index is 1.72. The minimum absolute atomic E-state index is 0.0206. The number of carbonyl (C=O) groups is 1. The lowest BCUT2D eigenvalue weighted by Crippen LogP contribution is -2.29. The first-order valence-electron chi connectivity index (χ1n) is 11.3. The van der Waals surface area contributed by atoms with Gasteiger partial charge in [-0.25, -0.2) is 12.8 Å². The number of oxime groups is 1. The van der Waals surface area contributed by atoms with Crippen molar-refractivity contribution in [3.05, 3.63) is 54.0 Å². The van der Waals surface area contributed by atoms with Gasteiger partial charge in [-0.2, -0.15) is 9.40 Å². The highest BCUT2D eigenvalue weighted by Crippen LogP contribution is 2.35. The third-order valence-corrected chi connectivity index (χ3v) is 7.72. The summed E-state index contributed by atoms with van der Waals surface area (Å²) in [6, 6.07) is 9.59. The van der Waals surface area contributed by atoms with Gasteiger partial charge in [0.2, 0.25) is 10.0 Å². The molecule has 2 aromatic carbocycles. The molecular weight excluding hydrogens is 491 g/mol. The number of hydrogen-bond donors (Lipinski definition) is 1. The molecule has 1 aliphatic heterocycles. The van der Waals surface area contributed by atoms with Crippen LogP contribution in [0, 0.1) is 11.7 Å². The standard InChI is InChI=1S/C24H27FN4O6S/c1-15(2)35-18-5-7-19(8-6-18)36(32,33)28-13-16(12-26-34-3)23(14-28)29-22-10-17(25)4-9-20(22)21(27-29)11-24(30)31/h4-10,12,15-16,23H,11,13-14H2,1-3H3,(H,30,31)/t16-,23+/m1/s1. The SMILES string of the molecule is CON=C[C@@H]1CN(S(=O)(=O)c2ccc(OC(C)C)cc2)C[C@@H]1n1nc(CC(=O)O)c2ccc(F)cc21. The number of benzene rings is 2. The minimum Gasteiger partial charge on any atom is -0.491 e. The molecule has 4 rings (SSSR count). The number of ether oxygens (including phenoxy) is 1. The number of fused-ring (bicyclic) bond motifs is 1.